The highest BCUT2D eigenvalue weighted by Gasteiger charge is 2.24. The Labute approximate surface area is 133 Å². The van der Waals surface area contributed by atoms with Crippen LogP contribution in [-0.4, -0.2) is 24.5 Å². The minimum atomic E-state index is -3.94. The lowest BCUT2D eigenvalue weighted by molar-refractivity contribution is 0.379. The number of rotatable bonds is 4. The van der Waals surface area contributed by atoms with E-state index < -0.39 is 20.7 Å². The van der Waals surface area contributed by atoms with Gasteiger partial charge < -0.3 is 4.57 Å². The number of nitriles is 1. The van der Waals surface area contributed by atoms with Crippen LogP contribution in [0.25, 0.3) is 0 Å². The Morgan fingerprint density at radius 3 is 3.04 bits per heavy atom. The number of benzene rings is 1. The summed E-state index contributed by atoms with van der Waals surface area (Å²) in [6, 6.07) is 5.10. The average molecular weight is 334 g/mol. The number of aromatic nitrogens is 2. The quantitative estimate of drug-likeness (QED) is 0.916. The molecule has 120 valence electrons. The number of fused-ring (bicyclic) bond motifs is 1. The van der Waals surface area contributed by atoms with Crippen molar-refractivity contribution in [1.82, 2.24) is 14.3 Å². The minimum absolute atomic E-state index is 0.0839. The normalized spacial score (nSPS) is 17.5. The molecular formula is C15H15FN4O2S. The monoisotopic (exact) mass is 334 g/mol. The Hall–Kier alpha value is -2.24. The SMILES string of the molecule is N#Cc1ccc(S(=O)(=O)NC[C@H]2CCn3ccnc3C2)c(F)c1. The fourth-order valence-electron chi connectivity index (χ4n) is 2.68. The van der Waals surface area contributed by atoms with Gasteiger partial charge in [-0.25, -0.2) is 22.5 Å². The second-order valence-corrected chi connectivity index (χ2v) is 7.24. The number of nitrogens with one attached hydrogen (secondary N) is 1. The van der Waals surface area contributed by atoms with Gasteiger partial charge in [-0.1, -0.05) is 0 Å². The first kappa shape index (κ1) is 15.6. The molecule has 1 aliphatic rings. The third kappa shape index (κ3) is 3.25. The summed E-state index contributed by atoms with van der Waals surface area (Å²) in [4.78, 5) is 3.80. The van der Waals surface area contributed by atoms with E-state index in [1.807, 2.05) is 10.8 Å². The molecule has 2 heterocycles. The maximum atomic E-state index is 13.9. The Kier molecular flexibility index (Phi) is 4.15. The fraction of sp³-hybridized carbons (Fsp3) is 0.333. The van der Waals surface area contributed by atoms with Crippen LogP contribution in [-0.2, 0) is 23.0 Å². The van der Waals surface area contributed by atoms with Crippen molar-refractivity contribution in [2.75, 3.05) is 6.54 Å². The first-order valence-corrected chi connectivity index (χ1v) is 8.67. The van der Waals surface area contributed by atoms with Crippen LogP contribution in [0.3, 0.4) is 0 Å². The molecule has 0 bridgehead atoms. The molecule has 1 aromatic heterocycles. The Morgan fingerprint density at radius 1 is 1.48 bits per heavy atom. The van der Waals surface area contributed by atoms with Gasteiger partial charge in [-0.2, -0.15) is 5.26 Å². The number of imidazole rings is 1. The van der Waals surface area contributed by atoms with Crippen molar-refractivity contribution in [2.45, 2.75) is 24.3 Å². The standard InChI is InChI=1S/C15H15FN4O2S/c16-13-7-11(9-17)1-2-14(13)23(21,22)19-10-12-3-5-20-6-4-18-15(20)8-12/h1-2,4,6-7,12,19H,3,5,8,10H2/t12-/m0/s1. The van der Waals surface area contributed by atoms with Gasteiger partial charge in [-0.15, -0.1) is 0 Å². The lowest BCUT2D eigenvalue weighted by Crippen LogP contribution is -2.33. The predicted molar refractivity (Wildman–Crippen MR) is 80.3 cm³/mol. The minimum Gasteiger partial charge on any atom is -0.335 e. The molecule has 6 nitrogen and oxygen atoms in total. The van der Waals surface area contributed by atoms with Gasteiger partial charge in [0.1, 0.15) is 16.5 Å². The zero-order chi connectivity index (χ0) is 16.4. The number of sulfonamides is 1. The molecule has 0 spiro atoms. The zero-order valence-electron chi connectivity index (χ0n) is 12.2. The van der Waals surface area contributed by atoms with E-state index in [0.29, 0.717) is 6.42 Å². The topological polar surface area (TPSA) is 87.8 Å². The first-order chi connectivity index (χ1) is 11.0. The zero-order valence-corrected chi connectivity index (χ0v) is 13.1. The van der Waals surface area contributed by atoms with Crippen molar-refractivity contribution >= 4 is 10.0 Å². The molecule has 1 aromatic carbocycles. The second kappa shape index (κ2) is 6.10. The third-order valence-corrected chi connectivity index (χ3v) is 5.42. The molecule has 1 atom stereocenters. The average Bonchev–Trinajstić information content (AvgIpc) is 3.00. The second-order valence-electron chi connectivity index (χ2n) is 5.50. The summed E-state index contributed by atoms with van der Waals surface area (Å²) in [5.74, 6) is 0.141. The van der Waals surface area contributed by atoms with Crippen LogP contribution < -0.4 is 4.72 Å². The van der Waals surface area contributed by atoms with Gasteiger partial charge in [0.2, 0.25) is 10.0 Å². The highest BCUT2D eigenvalue weighted by Crippen LogP contribution is 2.20. The summed E-state index contributed by atoms with van der Waals surface area (Å²) in [5.41, 5.74) is 0.0839. The maximum Gasteiger partial charge on any atom is 0.243 e. The van der Waals surface area contributed by atoms with Crippen molar-refractivity contribution in [1.29, 1.82) is 5.26 Å². The number of halogens is 1. The molecular weight excluding hydrogens is 319 g/mol. The van der Waals surface area contributed by atoms with E-state index in [4.69, 9.17) is 5.26 Å². The van der Waals surface area contributed by atoms with Gasteiger partial charge in [0.25, 0.3) is 0 Å². The Balaban J connectivity index is 1.69. The lowest BCUT2D eigenvalue weighted by Gasteiger charge is -2.23. The van der Waals surface area contributed by atoms with Crippen LogP contribution in [0, 0.1) is 23.1 Å². The summed E-state index contributed by atoms with van der Waals surface area (Å²) in [5, 5.41) is 8.70. The van der Waals surface area contributed by atoms with Crippen LogP contribution in [0.4, 0.5) is 4.39 Å². The van der Waals surface area contributed by atoms with Crippen molar-refractivity contribution < 1.29 is 12.8 Å². The van der Waals surface area contributed by atoms with Crippen molar-refractivity contribution in [3.63, 3.8) is 0 Å². The Morgan fingerprint density at radius 2 is 2.30 bits per heavy atom. The molecule has 0 saturated heterocycles. The van der Waals surface area contributed by atoms with Crippen LogP contribution in [0.5, 0.6) is 0 Å². The molecule has 0 saturated carbocycles. The molecule has 0 amide bonds. The van der Waals surface area contributed by atoms with Crippen molar-refractivity contribution in [2.24, 2.45) is 5.92 Å². The molecule has 0 unspecified atom stereocenters. The molecule has 1 N–H and O–H groups in total. The largest absolute Gasteiger partial charge is 0.335 e. The summed E-state index contributed by atoms with van der Waals surface area (Å²) in [7, 11) is -3.94. The molecule has 0 radical (unpaired) electrons. The van der Waals surface area contributed by atoms with E-state index >= 15 is 0 Å². The van der Waals surface area contributed by atoms with E-state index in [1.54, 1.807) is 12.3 Å². The van der Waals surface area contributed by atoms with Crippen LogP contribution in [0.1, 0.15) is 17.8 Å². The van der Waals surface area contributed by atoms with E-state index in [2.05, 4.69) is 9.71 Å². The van der Waals surface area contributed by atoms with Crippen LogP contribution in [0.15, 0.2) is 35.5 Å². The Bertz CT molecular complexity index is 870. The van der Waals surface area contributed by atoms with Gasteiger partial charge in [0, 0.05) is 31.9 Å². The summed E-state index contributed by atoms with van der Waals surface area (Å²) >= 11 is 0. The first-order valence-electron chi connectivity index (χ1n) is 7.19. The highest BCUT2D eigenvalue weighted by atomic mass is 32.2. The molecule has 8 heteroatoms. The lowest BCUT2D eigenvalue weighted by atomic mass is 9.98. The van der Waals surface area contributed by atoms with Gasteiger partial charge in [-0.05, 0) is 30.5 Å². The molecule has 0 aliphatic carbocycles. The molecule has 1 aliphatic heterocycles. The third-order valence-electron chi connectivity index (χ3n) is 3.96. The van der Waals surface area contributed by atoms with Gasteiger partial charge in [0.05, 0.1) is 11.6 Å². The molecule has 0 fully saturated rings. The fourth-order valence-corrected chi connectivity index (χ4v) is 3.86. The highest BCUT2D eigenvalue weighted by molar-refractivity contribution is 7.89. The smallest absolute Gasteiger partial charge is 0.243 e. The summed E-state index contributed by atoms with van der Waals surface area (Å²) < 4.78 is 42.8. The van der Waals surface area contributed by atoms with E-state index in [1.165, 1.54) is 6.07 Å². The molecule has 2 aromatic rings. The van der Waals surface area contributed by atoms with Crippen LogP contribution >= 0.6 is 0 Å². The number of hydrogen-bond donors (Lipinski definition) is 1. The number of aryl methyl sites for hydroxylation is 1. The van der Waals surface area contributed by atoms with Crippen molar-refractivity contribution in [3.8, 4) is 6.07 Å². The van der Waals surface area contributed by atoms with E-state index in [-0.39, 0.29) is 18.0 Å². The van der Waals surface area contributed by atoms with E-state index in [9.17, 15) is 12.8 Å². The maximum absolute atomic E-state index is 13.9. The van der Waals surface area contributed by atoms with Crippen LogP contribution in [0.2, 0.25) is 0 Å². The van der Waals surface area contributed by atoms with E-state index in [0.717, 1.165) is 30.9 Å². The summed E-state index contributed by atoms with van der Waals surface area (Å²) in [6.07, 6.45) is 5.16. The molecule has 23 heavy (non-hydrogen) atoms. The van der Waals surface area contributed by atoms with Crippen molar-refractivity contribution in [3.05, 3.63) is 47.8 Å². The van der Waals surface area contributed by atoms with Gasteiger partial charge in [0.15, 0.2) is 0 Å². The molecule has 3 rings (SSSR count). The van der Waals surface area contributed by atoms with Gasteiger partial charge >= 0.3 is 0 Å². The number of hydrogen-bond acceptors (Lipinski definition) is 4. The van der Waals surface area contributed by atoms with Gasteiger partial charge in [-0.3, -0.25) is 0 Å². The predicted octanol–water partition coefficient (Wildman–Crippen LogP) is 1.43. The number of nitrogens with zero attached hydrogens (tertiary/aromatic N) is 3. The summed E-state index contributed by atoms with van der Waals surface area (Å²) in [6.45, 7) is 1.03.